The number of amides is 1. The number of carbonyl (C=O) groups is 1. The fourth-order valence-corrected chi connectivity index (χ4v) is 2.73. The van der Waals surface area contributed by atoms with Gasteiger partial charge in [-0.2, -0.15) is 0 Å². The van der Waals surface area contributed by atoms with Crippen LogP contribution >= 0.6 is 22.9 Å². The Morgan fingerprint density at radius 1 is 1.58 bits per heavy atom. The van der Waals surface area contributed by atoms with E-state index in [1.807, 2.05) is 11.4 Å². The number of aliphatic hydroxyl groups is 1. The van der Waals surface area contributed by atoms with Crippen LogP contribution in [0.1, 0.15) is 20.1 Å². The Morgan fingerprint density at radius 3 is 3.11 bits per heavy atom. The van der Waals surface area contributed by atoms with Crippen molar-refractivity contribution in [2.24, 2.45) is 0 Å². The van der Waals surface area contributed by atoms with Crippen molar-refractivity contribution in [3.8, 4) is 11.8 Å². The SMILES string of the molecule is CN(Cc1csc(C#CCO)c1)C(=O)c1cnns1. The molecule has 0 spiro atoms. The molecule has 5 nitrogen and oxygen atoms in total. The van der Waals surface area contributed by atoms with Crippen LogP contribution in [0, 0.1) is 11.8 Å². The Morgan fingerprint density at radius 2 is 2.42 bits per heavy atom. The fraction of sp³-hybridized carbons (Fsp3) is 0.250. The summed E-state index contributed by atoms with van der Waals surface area (Å²) in [6.45, 7) is 0.359. The van der Waals surface area contributed by atoms with Gasteiger partial charge < -0.3 is 10.0 Å². The zero-order valence-electron chi connectivity index (χ0n) is 10.2. The zero-order chi connectivity index (χ0) is 13.7. The molecule has 0 saturated carbocycles. The van der Waals surface area contributed by atoms with Gasteiger partial charge in [0.1, 0.15) is 11.5 Å². The van der Waals surface area contributed by atoms with Crippen molar-refractivity contribution in [3.63, 3.8) is 0 Å². The van der Waals surface area contributed by atoms with Gasteiger partial charge in [-0.05, 0) is 28.5 Å². The van der Waals surface area contributed by atoms with E-state index in [-0.39, 0.29) is 12.5 Å². The minimum atomic E-state index is -0.149. The Balaban J connectivity index is 2.01. The summed E-state index contributed by atoms with van der Waals surface area (Å²) in [4.78, 5) is 15.0. The first-order valence-corrected chi connectivity index (χ1v) is 7.06. The Bertz CT molecular complexity index is 610. The van der Waals surface area contributed by atoms with Crippen LogP contribution in [0.5, 0.6) is 0 Å². The number of aromatic nitrogens is 2. The van der Waals surface area contributed by atoms with Gasteiger partial charge in [0, 0.05) is 13.6 Å². The molecule has 0 aliphatic heterocycles. The summed E-state index contributed by atoms with van der Waals surface area (Å²) in [7, 11) is 1.73. The lowest BCUT2D eigenvalue weighted by atomic mass is 10.3. The van der Waals surface area contributed by atoms with Crippen LogP contribution in [0.25, 0.3) is 0 Å². The van der Waals surface area contributed by atoms with Crippen molar-refractivity contribution in [1.29, 1.82) is 0 Å². The number of nitrogens with zero attached hydrogens (tertiary/aromatic N) is 3. The molecule has 0 fully saturated rings. The molecule has 2 aromatic heterocycles. The lowest BCUT2D eigenvalue weighted by Gasteiger charge is -2.14. The maximum Gasteiger partial charge on any atom is 0.267 e. The molecule has 0 bridgehead atoms. The molecule has 0 saturated heterocycles. The molecule has 0 aromatic carbocycles. The Hall–Kier alpha value is -1.75. The predicted octanol–water partition coefficient (Wildman–Crippen LogP) is 1.22. The molecule has 0 aliphatic carbocycles. The number of hydrogen-bond acceptors (Lipinski definition) is 6. The van der Waals surface area contributed by atoms with Crippen molar-refractivity contribution in [2.75, 3.05) is 13.7 Å². The summed E-state index contributed by atoms with van der Waals surface area (Å²) in [5.74, 6) is 5.35. The molecule has 1 amide bonds. The number of aliphatic hydroxyl groups excluding tert-OH is 1. The summed E-state index contributed by atoms with van der Waals surface area (Å²) >= 11 is 2.58. The second-order valence-corrected chi connectivity index (χ2v) is 5.42. The standard InChI is InChI=1S/C12H11N3O2S2/c1-15(12(17)11-6-13-14-19-11)7-9-5-10(18-8-9)3-2-4-16/h5-6,8,16H,4,7H2,1H3. The maximum absolute atomic E-state index is 12.0. The minimum Gasteiger partial charge on any atom is -0.384 e. The molecule has 0 aliphatic rings. The smallest absolute Gasteiger partial charge is 0.267 e. The van der Waals surface area contributed by atoms with Gasteiger partial charge in [0.25, 0.3) is 5.91 Å². The molecule has 0 atom stereocenters. The van der Waals surface area contributed by atoms with Gasteiger partial charge in [0.05, 0.1) is 11.1 Å². The van der Waals surface area contributed by atoms with E-state index in [1.165, 1.54) is 17.5 Å². The highest BCUT2D eigenvalue weighted by Gasteiger charge is 2.14. The van der Waals surface area contributed by atoms with Crippen LogP contribution in [0.3, 0.4) is 0 Å². The van der Waals surface area contributed by atoms with Gasteiger partial charge in [-0.15, -0.1) is 16.4 Å². The topological polar surface area (TPSA) is 66.3 Å². The maximum atomic E-state index is 12.0. The summed E-state index contributed by atoms with van der Waals surface area (Å²) < 4.78 is 3.67. The second kappa shape index (κ2) is 6.43. The predicted molar refractivity (Wildman–Crippen MR) is 74.0 cm³/mol. The van der Waals surface area contributed by atoms with Crippen molar-refractivity contribution >= 4 is 28.8 Å². The molecule has 2 rings (SSSR count). The van der Waals surface area contributed by atoms with Crippen LogP contribution in [-0.2, 0) is 6.54 Å². The molecule has 1 N–H and O–H groups in total. The van der Waals surface area contributed by atoms with Crippen LogP contribution < -0.4 is 0 Å². The first-order chi connectivity index (χ1) is 9.20. The van der Waals surface area contributed by atoms with E-state index in [0.717, 1.165) is 22.0 Å². The first-order valence-electron chi connectivity index (χ1n) is 5.40. The van der Waals surface area contributed by atoms with Crippen molar-refractivity contribution < 1.29 is 9.90 Å². The van der Waals surface area contributed by atoms with E-state index in [2.05, 4.69) is 21.4 Å². The monoisotopic (exact) mass is 293 g/mol. The highest BCUT2D eigenvalue weighted by molar-refractivity contribution is 7.10. The van der Waals surface area contributed by atoms with Crippen LogP contribution in [0.4, 0.5) is 0 Å². The van der Waals surface area contributed by atoms with Crippen LogP contribution in [-0.4, -0.2) is 39.2 Å². The molecule has 98 valence electrons. The molecule has 7 heteroatoms. The number of carbonyl (C=O) groups excluding carboxylic acids is 1. The van der Waals surface area contributed by atoms with Crippen molar-refractivity contribution in [3.05, 3.63) is 33.0 Å². The van der Waals surface area contributed by atoms with E-state index in [4.69, 9.17) is 5.11 Å². The molecule has 2 heterocycles. The largest absolute Gasteiger partial charge is 0.384 e. The average Bonchev–Trinajstić information content (AvgIpc) is 3.06. The van der Waals surface area contributed by atoms with Gasteiger partial charge in [0.15, 0.2) is 0 Å². The number of rotatable bonds is 3. The minimum absolute atomic E-state index is 0.0933. The highest BCUT2D eigenvalue weighted by atomic mass is 32.1. The summed E-state index contributed by atoms with van der Waals surface area (Å²) in [6, 6.07) is 1.92. The number of hydrogen-bond donors (Lipinski definition) is 1. The van der Waals surface area contributed by atoms with Gasteiger partial charge in [0.2, 0.25) is 0 Å². The third-order valence-corrected chi connectivity index (χ3v) is 3.83. The first kappa shape index (κ1) is 13.7. The third-order valence-electron chi connectivity index (χ3n) is 2.28. The van der Waals surface area contributed by atoms with Gasteiger partial charge in [-0.25, -0.2) is 0 Å². The molecule has 19 heavy (non-hydrogen) atoms. The van der Waals surface area contributed by atoms with E-state index in [0.29, 0.717) is 11.4 Å². The quantitative estimate of drug-likeness (QED) is 0.864. The molecular formula is C12H11N3O2S2. The lowest BCUT2D eigenvalue weighted by molar-refractivity contribution is 0.0790. The highest BCUT2D eigenvalue weighted by Crippen LogP contribution is 2.16. The van der Waals surface area contributed by atoms with Crippen molar-refractivity contribution in [1.82, 2.24) is 14.5 Å². The van der Waals surface area contributed by atoms with Crippen LogP contribution in [0.15, 0.2) is 17.6 Å². The molecule has 2 aromatic rings. The summed E-state index contributed by atoms with van der Waals surface area (Å²) in [6.07, 6.45) is 1.47. The molecule has 0 radical (unpaired) electrons. The lowest BCUT2D eigenvalue weighted by Crippen LogP contribution is -2.25. The normalized spacial score (nSPS) is 9.79. The van der Waals surface area contributed by atoms with Crippen molar-refractivity contribution in [2.45, 2.75) is 6.54 Å². The third kappa shape index (κ3) is 3.61. The van der Waals surface area contributed by atoms with E-state index < -0.39 is 0 Å². The zero-order valence-corrected chi connectivity index (χ0v) is 11.8. The Labute approximate surface area is 118 Å². The molecule has 0 unspecified atom stereocenters. The fourth-order valence-electron chi connectivity index (χ4n) is 1.45. The van der Waals surface area contributed by atoms with Gasteiger partial charge in [-0.3, -0.25) is 4.79 Å². The second-order valence-electron chi connectivity index (χ2n) is 3.72. The van der Waals surface area contributed by atoms with Crippen LogP contribution in [0.2, 0.25) is 0 Å². The average molecular weight is 293 g/mol. The summed E-state index contributed by atoms with van der Waals surface area (Å²) in [5, 5.41) is 14.2. The Kier molecular flexibility index (Phi) is 4.63. The van der Waals surface area contributed by atoms with E-state index >= 15 is 0 Å². The van der Waals surface area contributed by atoms with E-state index in [1.54, 1.807) is 11.9 Å². The molecular weight excluding hydrogens is 282 g/mol. The van der Waals surface area contributed by atoms with Gasteiger partial charge >= 0.3 is 0 Å². The van der Waals surface area contributed by atoms with Gasteiger partial charge in [-0.1, -0.05) is 16.3 Å². The summed E-state index contributed by atoms with van der Waals surface area (Å²) in [5.41, 5.74) is 1.01. The number of thiophene rings is 1. The van der Waals surface area contributed by atoms with E-state index in [9.17, 15) is 4.79 Å².